The number of methoxy groups -OCH3 is 1. The number of alkyl halides is 2. The van der Waals surface area contributed by atoms with E-state index in [2.05, 4.69) is 25.5 Å². The highest BCUT2D eigenvalue weighted by atomic mass is 19.3. The molecule has 4 aromatic rings. The summed E-state index contributed by atoms with van der Waals surface area (Å²) in [5.74, 6) is -1.13. The molecule has 0 aliphatic heterocycles. The van der Waals surface area contributed by atoms with Crippen molar-refractivity contribution in [1.82, 2.24) is 30.2 Å². The topological polar surface area (TPSA) is 91.8 Å². The third-order valence-corrected chi connectivity index (χ3v) is 3.99. The van der Waals surface area contributed by atoms with Crippen molar-refractivity contribution in [2.75, 3.05) is 7.11 Å². The Bertz CT molecular complexity index is 1140. The van der Waals surface area contributed by atoms with Gasteiger partial charge in [-0.05, 0) is 18.2 Å². The molecule has 29 heavy (non-hydrogen) atoms. The number of nitrogens with zero attached hydrogens (tertiary/aromatic N) is 6. The molecular weight excluding hydrogens is 389 g/mol. The van der Waals surface area contributed by atoms with E-state index < -0.39 is 18.1 Å². The molecule has 0 fully saturated rings. The van der Waals surface area contributed by atoms with Crippen LogP contribution in [0.15, 0.2) is 47.0 Å². The Hall–Kier alpha value is -3.76. The van der Waals surface area contributed by atoms with Gasteiger partial charge < -0.3 is 9.15 Å². The van der Waals surface area contributed by atoms with Gasteiger partial charge in [0.1, 0.15) is 11.5 Å². The summed E-state index contributed by atoms with van der Waals surface area (Å²) in [6.07, 6.45) is -1.26. The molecule has 4 rings (SSSR count). The number of rotatable bonds is 6. The van der Waals surface area contributed by atoms with E-state index in [1.165, 1.54) is 23.9 Å². The Morgan fingerprint density at radius 3 is 2.69 bits per heavy atom. The van der Waals surface area contributed by atoms with Crippen LogP contribution in [0.5, 0.6) is 5.88 Å². The van der Waals surface area contributed by atoms with Crippen LogP contribution in [0.3, 0.4) is 0 Å². The first kappa shape index (κ1) is 18.6. The first-order chi connectivity index (χ1) is 14.0. The molecule has 0 spiro atoms. The summed E-state index contributed by atoms with van der Waals surface area (Å²) in [6, 6.07) is 9.36. The highest BCUT2D eigenvalue weighted by Crippen LogP contribution is 2.25. The summed E-state index contributed by atoms with van der Waals surface area (Å²) in [6.45, 7) is 0.106. The Morgan fingerprint density at radius 1 is 1.10 bits per heavy atom. The van der Waals surface area contributed by atoms with Crippen LogP contribution < -0.4 is 4.74 Å². The molecule has 11 heteroatoms. The number of benzene rings is 1. The Labute approximate surface area is 162 Å². The maximum absolute atomic E-state index is 14.5. The number of ether oxygens (including phenoxy) is 1. The summed E-state index contributed by atoms with van der Waals surface area (Å²) >= 11 is 0. The van der Waals surface area contributed by atoms with Crippen molar-refractivity contribution >= 4 is 0 Å². The highest BCUT2D eigenvalue weighted by Gasteiger charge is 2.18. The standard InChI is InChI=1S/C18H13F3N6O2/c1-28-15-4-2-3-13(22-15)14-9-27(26-23-14)8-11-6-5-10(7-12(11)19)17-24-25-18(29-17)16(20)21/h2-7,9,16H,8H2,1H3. The second-order valence-electron chi connectivity index (χ2n) is 5.92. The van der Waals surface area contributed by atoms with Gasteiger partial charge in [0.25, 0.3) is 5.89 Å². The molecule has 8 nitrogen and oxygen atoms in total. The number of hydrogen-bond donors (Lipinski definition) is 0. The van der Waals surface area contributed by atoms with Crippen LogP contribution >= 0.6 is 0 Å². The zero-order valence-electron chi connectivity index (χ0n) is 15.0. The lowest BCUT2D eigenvalue weighted by molar-refractivity contribution is 0.116. The van der Waals surface area contributed by atoms with Crippen molar-refractivity contribution in [2.24, 2.45) is 0 Å². The van der Waals surface area contributed by atoms with Crippen molar-refractivity contribution in [3.05, 3.63) is 59.9 Å². The van der Waals surface area contributed by atoms with E-state index in [9.17, 15) is 13.2 Å². The molecule has 0 N–H and O–H groups in total. The molecule has 3 heterocycles. The average molecular weight is 402 g/mol. The van der Waals surface area contributed by atoms with Gasteiger partial charge in [0, 0.05) is 17.2 Å². The molecule has 0 atom stereocenters. The van der Waals surface area contributed by atoms with Crippen molar-refractivity contribution in [3.8, 4) is 28.7 Å². The maximum atomic E-state index is 14.5. The normalized spacial score (nSPS) is 11.2. The number of aromatic nitrogens is 6. The van der Waals surface area contributed by atoms with Crippen LogP contribution in [-0.4, -0.2) is 37.3 Å². The Kier molecular flexibility index (Phi) is 4.94. The van der Waals surface area contributed by atoms with Gasteiger partial charge in [-0.3, -0.25) is 0 Å². The largest absolute Gasteiger partial charge is 0.481 e. The van der Waals surface area contributed by atoms with Crippen LogP contribution in [0, 0.1) is 5.82 Å². The summed E-state index contributed by atoms with van der Waals surface area (Å²) < 4.78 is 51.0. The minimum atomic E-state index is -2.89. The van der Waals surface area contributed by atoms with E-state index in [1.54, 1.807) is 24.4 Å². The average Bonchev–Trinajstić information content (AvgIpc) is 3.39. The summed E-state index contributed by atoms with van der Waals surface area (Å²) in [5.41, 5.74) is 1.59. The molecular formula is C18H13F3N6O2. The fourth-order valence-corrected chi connectivity index (χ4v) is 2.59. The van der Waals surface area contributed by atoms with Crippen LogP contribution in [-0.2, 0) is 6.54 Å². The molecule has 0 aliphatic carbocycles. The van der Waals surface area contributed by atoms with Gasteiger partial charge >= 0.3 is 6.43 Å². The van der Waals surface area contributed by atoms with Crippen molar-refractivity contribution in [3.63, 3.8) is 0 Å². The van der Waals surface area contributed by atoms with Gasteiger partial charge in [-0.25, -0.2) is 14.1 Å². The van der Waals surface area contributed by atoms with E-state index in [-0.39, 0.29) is 18.0 Å². The fourth-order valence-electron chi connectivity index (χ4n) is 2.59. The monoisotopic (exact) mass is 402 g/mol. The van der Waals surface area contributed by atoms with Gasteiger partial charge in [-0.1, -0.05) is 17.3 Å². The molecule has 0 bridgehead atoms. The van der Waals surface area contributed by atoms with Crippen molar-refractivity contribution in [1.29, 1.82) is 0 Å². The first-order valence-corrected chi connectivity index (χ1v) is 8.35. The molecule has 148 valence electrons. The van der Waals surface area contributed by atoms with Gasteiger partial charge in [-0.15, -0.1) is 15.3 Å². The second kappa shape index (κ2) is 7.70. The molecule has 0 amide bonds. The lowest BCUT2D eigenvalue weighted by Crippen LogP contribution is -2.03. The molecule has 0 radical (unpaired) electrons. The van der Waals surface area contributed by atoms with Crippen molar-refractivity contribution < 1.29 is 22.3 Å². The maximum Gasteiger partial charge on any atom is 0.314 e. The zero-order valence-corrected chi connectivity index (χ0v) is 15.0. The van der Waals surface area contributed by atoms with E-state index in [4.69, 9.17) is 9.15 Å². The molecule has 1 aromatic carbocycles. The minimum Gasteiger partial charge on any atom is -0.481 e. The molecule has 0 saturated heterocycles. The fraction of sp³-hybridized carbons (Fsp3) is 0.167. The SMILES string of the molecule is COc1cccc(-c2cn(Cc3ccc(-c4nnc(C(F)F)o4)cc3F)nn2)n1. The zero-order chi connectivity index (χ0) is 20.4. The van der Waals surface area contributed by atoms with Crippen LogP contribution in [0.25, 0.3) is 22.8 Å². The molecule has 3 aromatic heterocycles. The van der Waals surface area contributed by atoms with Gasteiger partial charge in [0.05, 0.1) is 25.5 Å². The number of halogens is 3. The number of pyridine rings is 1. The Balaban J connectivity index is 1.53. The van der Waals surface area contributed by atoms with E-state index in [0.717, 1.165) is 6.07 Å². The third-order valence-electron chi connectivity index (χ3n) is 3.99. The molecule has 0 aliphatic rings. The smallest absolute Gasteiger partial charge is 0.314 e. The van der Waals surface area contributed by atoms with Gasteiger partial charge in [0.2, 0.25) is 11.8 Å². The van der Waals surface area contributed by atoms with Crippen LogP contribution in [0.1, 0.15) is 17.9 Å². The summed E-state index contributed by atoms with van der Waals surface area (Å²) in [5, 5.41) is 14.8. The van der Waals surface area contributed by atoms with Crippen LogP contribution in [0.4, 0.5) is 13.2 Å². The molecule has 0 saturated carbocycles. The minimum absolute atomic E-state index is 0.106. The number of hydrogen-bond acceptors (Lipinski definition) is 7. The van der Waals surface area contributed by atoms with E-state index in [1.807, 2.05) is 0 Å². The van der Waals surface area contributed by atoms with E-state index in [0.29, 0.717) is 22.8 Å². The quantitative estimate of drug-likeness (QED) is 0.487. The van der Waals surface area contributed by atoms with Crippen LogP contribution in [0.2, 0.25) is 0 Å². The predicted octanol–water partition coefficient (Wildman–Crippen LogP) is 3.52. The van der Waals surface area contributed by atoms with E-state index >= 15 is 0 Å². The first-order valence-electron chi connectivity index (χ1n) is 8.35. The Morgan fingerprint density at radius 2 is 1.97 bits per heavy atom. The highest BCUT2D eigenvalue weighted by molar-refractivity contribution is 5.54. The summed E-state index contributed by atoms with van der Waals surface area (Å²) in [7, 11) is 1.51. The van der Waals surface area contributed by atoms with Crippen molar-refractivity contribution in [2.45, 2.75) is 13.0 Å². The summed E-state index contributed by atoms with van der Waals surface area (Å²) in [4.78, 5) is 4.27. The lowest BCUT2D eigenvalue weighted by atomic mass is 10.1. The molecule has 0 unspecified atom stereocenters. The third kappa shape index (κ3) is 3.93. The predicted molar refractivity (Wildman–Crippen MR) is 93.6 cm³/mol. The lowest BCUT2D eigenvalue weighted by Gasteiger charge is -2.04. The van der Waals surface area contributed by atoms with Gasteiger partial charge in [-0.2, -0.15) is 8.78 Å². The van der Waals surface area contributed by atoms with Gasteiger partial charge in [0.15, 0.2) is 0 Å². The second-order valence-corrected chi connectivity index (χ2v) is 5.92.